The Morgan fingerprint density at radius 1 is 0.230 bits per heavy atom. The van der Waals surface area contributed by atoms with Crippen molar-refractivity contribution in [3.63, 3.8) is 0 Å². The Hall–Kier alpha value is -10.7. The molecular formula is C88H86N12. The number of aliphatic imine (C=N–C) groups is 4. The third-order valence-electron chi connectivity index (χ3n) is 23.8. The van der Waals surface area contributed by atoms with E-state index in [1.165, 1.54) is 0 Å². The minimum absolute atomic E-state index is 0.343. The summed E-state index contributed by atoms with van der Waals surface area (Å²) in [5.74, 6) is 3.39. The number of amidine groups is 4. The predicted molar refractivity (Wildman–Crippen MR) is 418 cm³/mol. The molecule has 100 heavy (non-hydrogen) atoms. The lowest BCUT2D eigenvalue weighted by Crippen LogP contribution is -2.53. The van der Waals surface area contributed by atoms with Crippen molar-refractivity contribution in [2.24, 2.45) is 20.0 Å². The molecule has 4 aliphatic rings. The van der Waals surface area contributed by atoms with E-state index in [4.69, 9.17) is 39.9 Å². The number of benzene rings is 8. The summed E-state index contributed by atoms with van der Waals surface area (Å²) in [6.07, 6.45) is 8.16. The Morgan fingerprint density at radius 2 is 0.430 bits per heavy atom. The summed E-state index contributed by atoms with van der Waals surface area (Å²) in [5, 5.41) is 6.69. The quantitative estimate of drug-likeness (QED) is 0.111. The van der Waals surface area contributed by atoms with Gasteiger partial charge in [-0.15, -0.1) is 0 Å². The van der Waals surface area contributed by atoms with Crippen LogP contribution >= 0.6 is 0 Å². The van der Waals surface area contributed by atoms with Crippen molar-refractivity contribution >= 4 is 78.4 Å². The van der Waals surface area contributed by atoms with Crippen LogP contribution in [-0.4, -0.2) is 87.6 Å². The fourth-order valence-corrected chi connectivity index (χ4v) is 15.4. The highest BCUT2D eigenvalue weighted by molar-refractivity contribution is 6.32. The second-order valence-electron chi connectivity index (χ2n) is 31.6. The molecule has 498 valence electrons. The zero-order valence-electron chi connectivity index (χ0n) is 60.3. The maximum absolute atomic E-state index is 5.44. The van der Waals surface area contributed by atoms with Crippen LogP contribution in [0.25, 0.3) is 76.8 Å². The summed E-state index contributed by atoms with van der Waals surface area (Å²) in [7, 11) is 0. The number of hydrogen-bond donors (Lipinski definition) is 0. The maximum atomic E-state index is 5.44. The number of anilines is 4. The molecule has 4 aromatic heterocycles. The summed E-state index contributed by atoms with van der Waals surface area (Å²) < 4.78 is 0. The van der Waals surface area contributed by atoms with Gasteiger partial charge in [0.05, 0.1) is 44.3 Å². The zero-order chi connectivity index (χ0) is 69.8. The molecule has 0 N–H and O–H groups in total. The van der Waals surface area contributed by atoms with Crippen molar-refractivity contribution in [1.82, 2.24) is 19.9 Å². The van der Waals surface area contributed by atoms with E-state index in [1.54, 1.807) is 0 Å². The molecule has 0 saturated heterocycles. The van der Waals surface area contributed by atoms with E-state index < -0.39 is 22.2 Å². The molecule has 4 aliphatic heterocycles. The maximum Gasteiger partial charge on any atom is 0.155 e. The van der Waals surface area contributed by atoms with Crippen molar-refractivity contribution in [2.45, 2.75) is 155 Å². The van der Waals surface area contributed by atoms with Gasteiger partial charge < -0.3 is 19.6 Å². The van der Waals surface area contributed by atoms with Gasteiger partial charge in [0.15, 0.2) is 23.3 Å². The minimum Gasteiger partial charge on any atom is -0.317 e. The van der Waals surface area contributed by atoms with Crippen LogP contribution in [0, 0.1) is 0 Å². The highest BCUT2D eigenvalue weighted by Gasteiger charge is 2.54. The SMILES string of the molecule is CC1(C)N=C(c2ccc(-c3cc(-c4ccc(C5=NC(C)(C)C(C)(C)N5c5ccccc5)nc4)c4ccc5c(-c6ccc(C7=NC(C)(C)C(C)(C)N7c7ccccc7)nc6)cc(-c6ccc(C7=NC(C)(C)C(C)(C)N7c7ccccc7)nc6)c6ccc3c4c65)cn2)N(c2ccccc2)C1(C)C. The Balaban J connectivity index is 0.908. The molecule has 12 nitrogen and oxygen atoms in total. The van der Waals surface area contributed by atoms with Gasteiger partial charge >= 0.3 is 0 Å². The lowest BCUT2D eigenvalue weighted by Gasteiger charge is -2.41. The van der Waals surface area contributed by atoms with Crippen LogP contribution < -0.4 is 19.6 Å². The van der Waals surface area contributed by atoms with Gasteiger partial charge in [-0.25, -0.2) is 0 Å². The highest BCUT2D eigenvalue weighted by atomic mass is 15.4. The predicted octanol–water partition coefficient (Wildman–Crippen LogP) is 20.1. The monoisotopic (exact) mass is 1310 g/mol. The lowest BCUT2D eigenvalue weighted by molar-refractivity contribution is 0.338. The lowest BCUT2D eigenvalue weighted by atomic mass is 9.82. The van der Waals surface area contributed by atoms with Gasteiger partial charge in [-0.1, -0.05) is 121 Å². The first-order valence-corrected chi connectivity index (χ1v) is 35.1. The van der Waals surface area contributed by atoms with Crippen molar-refractivity contribution in [3.05, 3.63) is 254 Å². The van der Waals surface area contributed by atoms with Crippen LogP contribution in [0.2, 0.25) is 0 Å². The summed E-state index contributed by atoms with van der Waals surface area (Å²) >= 11 is 0. The fourth-order valence-electron chi connectivity index (χ4n) is 15.4. The van der Waals surface area contributed by atoms with Crippen LogP contribution in [0.4, 0.5) is 22.7 Å². The molecule has 0 unspecified atom stereocenters. The van der Waals surface area contributed by atoms with E-state index in [9.17, 15) is 0 Å². The molecule has 0 fully saturated rings. The van der Waals surface area contributed by atoms with E-state index in [0.717, 1.165) is 146 Å². The van der Waals surface area contributed by atoms with Gasteiger partial charge in [-0.2, -0.15) is 0 Å². The normalized spacial score (nSPS) is 19.0. The topological polar surface area (TPSA) is 114 Å². The highest BCUT2D eigenvalue weighted by Crippen LogP contribution is 2.51. The smallest absolute Gasteiger partial charge is 0.155 e. The van der Waals surface area contributed by atoms with Gasteiger partial charge in [0.2, 0.25) is 0 Å². The van der Waals surface area contributed by atoms with Crippen molar-refractivity contribution < 1.29 is 0 Å². The number of aromatic nitrogens is 4. The van der Waals surface area contributed by atoms with Crippen LogP contribution in [-0.2, 0) is 0 Å². The molecule has 0 radical (unpaired) electrons. The minimum atomic E-state index is -0.404. The second kappa shape index (κ2) is 22.4. The Kier molecular flexibility index (Phi) is 14.3. The first kappa shape index (κ1) is 64.0. The second-order valence-corrected chi connectivity index (χ2v) is 31.6. The molecule has 0 amide bonds. The fraction of sp³-hybridized carbons (Fsp3) is 0.273. The van der Waals surface area contributed by atoms with E-state index in [2.05, 4.69) is 337 Å². The molecule has 0 bridgehead atoms. The summed E-state index contributed by atoms with van der Waals surface area (Å²) in [4.78, 5) is 52.7. The average molecular weight is 1310 g/mol. The van der Waals surface area contributed by atoms with Gasteiger partial charge in [0, 0.05) is 69.8 Å². The van der Waals surface area contributed by atoms with Gasteiger partial charge in [0.25, 0.3) is 0 Å². The average Bonchev–Trinajstić information content (AvgIpc) is 1.07. The molecular weight excluding hydrogens is 1230 g/mol. The van der Waals surface area contributed by atoms with Crippen molar-refractivity contribution in [3.8, 4) is 44.5 Å². The molecule has 16 rings (SSSR count). The first-order valence-electron chi connectivity index (χ1n) is 35.1. The third-order valence-corrected chi connectivity index (χ3v) is 23.8. The Bertz CT molecular complexity index is 4660. The Labute approximate surface area is 588 Å². The number of pyridine rings is 4. The van der Waals surface area contributed by atoms with Crippen LogP contribution in [0.15, 0.2) is 251 Å². The van der Waals surface area contributed by atoms with E-state index in [-0.39, 0.29) is 22.2 Å². The van der Waals surface area contributed by atoms with Gasteiger partial charge in [-0.3, -0.25) is 39.9 Å². The molecule has 8 heterocycles. The van der Waals surface area contributed by atoms with Gasteiger partial charge in [0.1, 0.15) is 22.8 Å². The third kappa shape index (κ3) is 9.66. The van der Waals surface area contributed by atoms with E-state index in [1.807, 2.05) is 24.8 Å². The number of rotatable bonds is 12. The number of hydrogen-bond acceptors (Lipinski definition) is 12. The summed E-state index contributed by atoms with van der Waals surface area (Å²) in [5.41, 5.74) is 12.7. The number of para-hydroxylation sites is 4. The van der Waals surface area contributed by atoms with E-state index >= 15 is 0 Å². The summed E-state index contributed by atoms with van der Waals surface area (Å²) in [6.45, 7) is 35.9. The molecule has 0 aliphatic carbocycles. The molecule has 0 atom stereocenters. The van der Waals surface area contributed by atoms with Crippen molar-refractivity contribution in [1.29, 1.82) is 0 Å². The Morgan fingerprint density at radius 3 is 0.610 bits per heavy atom. The van der Waals surface area contributed by atoms with Crippen molar-refractivity contribution in [2.75, 3.05) is 19.6 Å². The molecule has 8 aromatic carbocycles. The van der Waals surface area contributed by atoms with E-state index in [0.29, 0.717) is 0 Å². The standard InChI is InChI=1S/C88H86N12/c1-81(2)85(9,10)97(59-29-21-17-22-30-59)77(93-81)71-45-37-55(51-89-71)67-49-68(56-38-46-72(90-52-56)78-94-82(3,4)86(11,12)98(78)60-31-23-18-24-32-60)64-43-44-66-70(58-40-48-74(92-54-58)80-96-84(7,8)88(15,16)100(80)62-35-27-20-28-36-62)50-69(65-42-41-63(67)75(64)76(65)66)57-39-47-73(91-53-57)79-95-83(5,6)87(13,14)99(79)61-33-25-19-26-34-61/h17-54H,1-16H3. The van der Waals surface area contributed by atoms with Crippen LogP contribution in [0.5, 0.6) is 0 Å². The first-order chi connectivity index (χ1) is 47.6. The zero-order valence-corrected chi connectivity index (χ0v) is 60.3. The number of nitrogens with zero attached hydrogens (tertiary/aromatic N) is 12. The molecule has 0 spiro atoms. The largest absolute Gasteiger partial charge is 0.317 e. The molecule has 0 saturated carbocycles. The molecule has 12 heteroatoms. The summed E-state index contributed by atoms with van der Waals surface area (Å²) in [6, 6.07) is 73.8. The van der Waals surface area contributed by atoms with Crippen LogP contribution in [0.1, 0.15) is 134 Å². The van der Waals surface area contributed by atoms with Crippen LogP contribution in [0.3, 0.4) is 0 Å². The van der Waals surface area contributed by atoms with Gasteiger partial charge in [-0.05, 0) is 250 Å². The molecule has 12 aromatic rings.